The molecule has 1 amide bonds. The van der Waals surface area contributed by atoms with Gasteiger partial charge in [-0.2, -0.15) is 0 Å². The Morgan fingerprint density at radius 1 is 0.921 bits per heavy atom. The van der Waals surface area contributed by atoms with Gasteiger partial charge in [-0.3, -0.25) is 9.69 Å². The van der Waals surface area contributed by atoms with E-state index in [1.165, 1.54) is 11.6 Å². The average Bonchev–Trinajstić information content (AvgIpc) is 3.41. The third-order valence-corrected chi connectivity index (χ3v) is 7.48. The number of piperazine rings is 1. The van der Waals surface area contributed by atoms with Crippen molar-refractivity contribution in [3.8, 4) is 11.3 Å². The highest BCUT2D eigenvalue weighted by Crippen LogP contribution is 2.27. The number of nitrogens with zero attached hydrogens (tertiary/aromatic N) is 2. The molecular weight excluding hydrogens is 517 g/mol. The van der Waals surface area contributed by atoms with E-state index in [0.717, 1.165) is 60.2 Å². The van der Waals surface area contributed by atoms with Crippen LogP contribution in [0.25, 0.3) is 17.4 Å². The van der Waals surface area contributed by atoms with Crippen molar-refractivity contribution in [3.63, 3.8) is 0 Å². The summed E-state index contributed by atoms with van der Waals surface area (Å²) in [5.74, 6) is 1.07. The normalized spacial score (nSPS) is 14.2. The Balaban J connectivity index is 1.11. The van der Waals surface area contributed by atoms with Gasteiger partial charge in [0.1, 0.15) is 11.5 Å². The van der Waals surface area contributed by atoms with Crippen LogP contribution in [-0.4, -0.2) is 37.0 Å². The van der Waals surface area contributed by atoms with Gasteiger partial charge in [0.05, 0.1) is 0 Å². The lowest BCUT2D eigenvalue weighted by molar-refractivity contribution is -0.111. The molecular formula is C31H29Cl2N3O2. The van der Waals surface area contributed by atoms with Crippen LogP contribution in [-0.2, 0) is 11.3 Å². The first kappa shape index (κ1) is 26.1. The van der Waals surface area contributed by atoms with Crippen LogP contribution in [0.4, 0.5) is 11.4 Å². The van der Waals surface area contributed by atoms with Crippen molar-refractivity contribution < 1.29 is 9.21 Å². The molecule has 4 aromatic rings. The monoisotopic (exact) mass is 545 g/mol. The topological polar surface area (TPSA) is 48.7 Å². The molecule has 5 rings (SSSR count). The van der Waals surface area contributed by atoms with Crippen molar-refractivity contribution in [2.75, 3.05) is 36.4 Å². The number of anilines is 2. The first-order valence-electron chi connectivity index (χ1n) is 12.6. The molecule has 0 unspecified atom stereocenters. The first-order valence-corrected chi connectivity index (χ1v) is 13.4. The quantitative estimate of drug-likeness (QED) is 0.244. The van der Waals surface area contributed by atoms with Crippen molar-refractivity contribution in [2.24, 2.45) is 0 Å². The summed E-state index contributed by atoms with van der Waals surface area (Å²) in [6.07, 6.45) is 3.13. The summed E-state index contributed by atoms with van der Waals surface area (Å²) in [6.45, 7) is 6.66. The van der Waals surface area contributed by atoms with Crippen molar-refractivity contribution >= 4 is 46.6 Å². The Kier molecular flexibility index (Phi) is 8.18. The number of carbonyl (C=O) groups excluding carboxylic acids is 1. The van der Waals surface area contributed by atoms with Gasteiger partial charge in [-0.25, -0.2) is 0 Å². The van der Waals surface area contributed by atoms with Crippen molar-refractivity contribution in [1.29, 1.82) is 0 Å². The smallest absolute Gasteiger partial charge is 0.248 e. The molecule has 1 aliphatic rings. The number of benzene rings is 3. The fraction of sp³-hybridized carbons (Fsp3) is 0.194. The van der Waals surface area contributed by atoms with Crippen LogP contribution in [0.2, 0.25) is 10.0 Å². The number of halogens is 2. The predicted molar refractivity (Wildman–Crippen MR) is 157 cm³/mol. The summed E-state index contributed by atoms with van der Waals surface area (Å²) in [5.41, 5.74) is 4.97. The maximum absolute atomic E-state index is 12.5. The van der Waals surface area contributed by atoms with E-state index in [1.54, 1.807) is 6.08 Å². The SMILES string of the molecule is Cc1ccc(-c2ccc(/C=C/C(=O)Nc3ccc(N4CCN(Cc5ccccc5Cl)CC4)cc3)o2)cc1Cl. The Bertz CT molecular complexity index is 1440. The second-order valence-corrected chi connectivity index (χ2v) is 10.2. The van der Waals surface area contributed by atoms with Gasteiger partial charge in [0.2, 0.25) is 5.91 Å². The predicted octanol–water partition coefficient (Wildman–Crippen LogP) is 7.54. The third-order valence-electron chi connectivity index (χ3n) is 6.71. The minimum absolute atomic E-state index is 0.220. The van der Waals surface area contributed by atoms with Crippen molar-refractivity contribution in [3.05, 3.63) is 112 Å². The van der Waals surface area contributed by atoms with E-state index < -0.39 is 0 Å². The average molecular weight is 546 g/mol. The minimum Gasteiger partial charge on any atom is -0.457 e. The molecule has 0 radical (unpaired) electrons. The largest absolute Gasteiger partial charge is 0.457 e. The van der Waals surface area contributed by atoms with Crippen LogP contribution in [0.1, 0.15) is 16.9 Å². The fourth-order valence-corrected chi connectivity index (χ4v) is 4.85. The molecule has 1 aromatic heterocycles. The van der Waals surface area contributed by atoms with E-state index in [9.17, 15) is 4.79 Å². The van der Waals surface area contributed by atoms with E-state index in [1.807, 2.05) is 67.6 Å². The van der Waals surface area contributed by atoms with E-state index in [2.05, 4.69) is 33.3 Å². The van der Waals surface area contributed by atoms with Gasteiger partial charge in [-0.15, -0.1) is 0 Å². The van der Waals surface area contributed by atoms with Crippen molar-refractivity contribution in [2.45, 2.75) is 13.5 Å². The third kappa shape index (κ3) is 6.48. The Labute approximate surface area is 233 Å². The molecule has 0 bridgehead atoms. The number of hydrogen-bond acceptors (Lipinski definition) is 4. The molecule has 1 fully saturated rings. The first-order chi connectivity index (χ1) is 18.4. The summed E-state index contributed by atoms with van der Waals surface area (Å²) >= 11 is 12.5. The zero-order valence-corrected chi connectivity index (χ0v) is 22.7. The summed E-state index contributed by atoms with van der Waals surface area (Å²) in [5, 5.41) is 4.42. The van der Waals surface area contributed by atoms with Gasteiger partial charge in [0.25, 0.3) is 0 Å². The summed E-state index contributed by atoms with van der Waals surface area (Å²) < 4.78 is 5.85. The second kappa shape index (κ2) is 11.9. The second-order valence-electron chi connectivity index (χ2n) is 9.39. The molecule has 1 N–H and O–H groups in total. The highest BCUT2D eigenvalue weighted by atomic mass is 35.5. The zero-order valence-electron chi connectivity index (χ0n) is 21.2. The van der Waals surface area contributed by atoms with Crippen LogP contribution in [0.3, 0.4) is 0 Å². The lowest BCUT2D eigenvalue weighted by Crippen LogP contribution is -2.46. The molecule has 5 nitrogen and oxygen atoms in total. The summed E-state index contributed by atoms with van der Waals surface area (Å²) in [4.78, 5) is 17.3. The van der Waals surface area contributed by atoms with Gasteiger partial charge >= 0.3 is 0 Å². The Morgan fingerprint density at radius 3 is 2.42 bits per heavy atom. The summed E-state index contributed by atoms with van der Waals surface area (Å²) in [6, 6.07) is 25.5. The Hall–Kier alpha value is -3.51. The highest BCUT2D eigenvalue weighted by Gasteiger charge is 2.18. The number of amides is 1. The number of hydrogen-bond donors (Lipinski definition) is 1. The number of carbonyl (C=O) groups is 1. The molecule has 0 spiro atoms. The van der Waals surface area contributed by atoms with Gasteiger partial charge in [0.15, 0.2) is 0 Å². The van der Waals surface area contributed by atoms with E-state index in [4.69, 9.17) is 27.6 Å². The number of aryl methyl sites for hydroxylation is 1. The molecule has 3 aromatic carbocycles. The van der Waals surface area contributed by atoms with E-state index in [-0.39, 0.29) is 5.91 Å². The molecule has 2 heterocycles. The lowest BCUT2D eigenvalue weighted by Gasteiger charge is -2.36. The fourth-order valence-electron chi connectivity index (χ4n) is 4.47. The van der Waals surface area contributed by atoms with E-state index in [0.29, 0.717) is 16.5 Å². The molecule has 1 saturated heterocycles. The molecule has 38 heavy (non-hydrogen) atoms. The van der Waals surface area contributed by atoms with Gasteiger partial charge in [0, 0.05) is 65.8 Å². The summed E-state index contributed by atoms with van der Waals surface area (Å²) in [7, 11) is 0. The minimum atomic E-state index is -0.220. The van der Waals surface area contributed by atoms with Crippen LogP contribution in [0.5, 0.6) is 0 Å². The van der Waals surface area contributed by atoms with Gasteiger partial charge < -0.3 is 14.6 Å². The maximum atomic E-state index is 12.5. The van der Waals surface area contributed by atoms with Crippen LogP contribution < -0.4 is 10.2 Å². The highest BCUT2D eigenvalue weighted by molar-refractivity contribution is 6.31. The maximum Gasteiger partial charge on any atom is 0.248 e. The van der Waals surface area contributed by atoms with Gasteiger partial charge in [-0.05, 0) is 72.7 Å². The number of furan rings is 1. The Morgan fingerprint density at radius 2 is 1.68 bits per heavy atom. The molecule has 7 heteroatoms. The molecule has 0 saturated carbocycles. The zero-order chi connectivity index (χ0) is 26.5. The van der Waals surface area contributed by atoms with E-state index >= 15 is 0 Å². The molecule has 1 aliphatic heterocycles. The molecule has 0 aliphatic carbocycles. The number of nitrogens with one attached hydrogen (secondary N) is 1. The van der Waals surface area contributed by atoms with Crippen molar-refractivity contribution in [1.82, 2.24) is 4.90 Å². The van der Waals surface area contributed by atoms with Crippen LogP contribution in [0.15, 0.2) is 89.4 Å². The van der Waals surface area contributed by atoms with Crippen LogP contribution in [0, 0.1) is 6.92 Å². The van der Waals surface area contributed by atoms with Gasteiger partial charge in [-0.1, -0.05) is 53.5 Å². The molecule has 194 valence electrons. The standard InChI is InChI=1S/C31H29Cl2N3O2/c1-22-6-7-23(20-29(22)33)30-14-12-27(38-30)13-15-31(37)34-25-8-10-26(11-9-25)36-18-16-35(17-19-36)21-24-4-2-3-5-28(24)32/h2-15,20H,16-19,21H2,1H3,(H,34,37)/b15-13+. The molecule has 0 atom stereocenters. The lowest BCUT2D eigenvalue weighted by atomic mass is 10.1. The number of rotatable bonds is 7. The van der Waals surface area contributed by atoms with Crippen LogP contribution >= 0.6 is 23.2 Å².